The molecule has 0 saturated carbocycles. The lowest BCUT2D eigenvalue weighted by Gasteiger charge is -2.41. The molecule has 0 aromatic rings. The van der Waals surface area contributed by atoms with Gasteiger partial charge in [0.05, 0.1) is 0 Å². The molecule has 2 saturated heterocycles. The molecule has 0 radical (unpaired) electrons. The van der Waals surface area contributed by atoms with Crippen LogP contribution >= 0.6 is 0 Å². The first-order chi connectivity index (χ1) is 8.81. The summed E-state index contributed by atoms with van der Waals surface area (Å²) in [5, 5.41) is 3.62. The molecule has 0 aliphatic carbocycles. The van der Waals surface area contributed by atoms with E-state index in [0.717, 1.165) is 31.7 Å². The summed E-state index contributed by atoms with van der Waals surface area (Å²) in [5.74, 6) is 0.869. The molecular weight excluding hydrogens is 224 g/mol. The molecule has 2 aliphatic heterocycles. The molecular formula is C15H30N2O. The number of hydrogen-bond donors (Lipinski definition) is 1. The van der Waals surface area contributed by atoms with E-state index in [1.807, 2.05) is 0 Å². The summed E-state index contributed by atoms with van der Waals surface area (Å²) < 4.78 is 5.47. The molecule has 0 aromatic carbocycles. The third kappa shape index (κ3) is 3.94. The van der Waals surface area contributed by atoms with Crippen LogP contribution in [-0.2, 0) is 4.74 Å². The van der Waals surface area contributed by atoms with Crippen LogP contribution in [0.5, 0.6) is 0 Å². The SMILES string of the molecule is CCNC(C)C1CCCCN1CC1CCOCC1. The summed E-state index contributed by atoms with van der Waals surface area (Å²) in [7, 11) is 0. The van der Waals surface area contributed by atoms with Crippen LogP contribution in [0.2, 0.25) is 0 Å². The minimum absolute atomic E-state index is 0.634. The molecule has 0 spiro atoms. The molecule has 2 fully saturated rings. The highest BCUT2D eigenvalue weighted by atomic mass is 16.5. The van der Waals surface area contributed by atoms with Gasteiger partial charge in [0, 0.05) is 31.8 Å². The molecule has 2 aliphatic rings. The number of nitrogens with zero attached hydrogens (tertiary/aromatic N) is 1. The lowest BCUT2D eigenvalue weighted by Crippen LogP contribution is -2.52. The van der Waals surface area contributed by atoms with E-state index in [0.29, 0.717) is 6.04 Å². The highest BCUT2D eigenvalue weighted by molar-refractivity contribution is 4.86. The number of nitrogens with one attached hydrogen (secondary N) is 1. The molecule has 2 heterocycles. The maximum Gasteiger partial charge on any atom is 0.0469 e. The van der Waals surface area contributed by atoms with Gasteiger partial charge in [0.25, 0.3) is 0 Å². The summed E-state index contributed by atoms with van der Waals surface area (Å²) in [6.45, 7) is 10.2. The van der Waals surface area contributed by atoms with Crippen molar-refractivity contribution in [3.63, 3.8) is 0 Å². The summed E-state index contributed by atoms with van der Waals surface area (Å²) in [6, 6.07) is 1.39. The van der Waals surface area contributed by atoms with Gasteiger partial charge in [-0.1, -0.05) is 13.3 Å². The van der Waals surface area contributed by atoms with Crippen LogP contribution in [0.1, 0.15) is 46.0 Å². The summed E-state index contributed by atoms with van der Waals surface area (Å²) in [5.41, 5.74) is 0. The molecule has 0 aromatic heterocycles. The third-order valence-electron chi connectivity index (χ3n) is 4.60. The molecule has 2 rings (SSSR count). The monoisotopic (exact) mass is 254 g/mol. The second kappa shape index (κ2) is 7.46. The average molecular weight is 254 g/mol. The van der Waals surface area contributed by atoms with Crippen LogP contribution in [0.3, 0.4) is 0 Å². The maximum atomic E-state index is 5.47. The Morgan fingerprint density at radius 1 is 1.22 bits per heavy atom. The van der Waals surface area contributed by atoms with Gasteiger partial charge in [-0.15, -0.1) is 0 Å². The number of likely N-dealkylation sites (tertiary alicyclic amines) is 1. The quantitative estimate of drug-likeness (QED) is 0.814. The number of piperidine rings is 1. The standard InChI is InChI=1S/C15H30N2O/c1-3-16-13(2)15-6-4-5-9-17(15)12-14-7-10-18-11-8-14/h13-16H,3-12H2,1-2H3. The van der Waals surface area contributed by atoms with E-state index in [2.05, 4.69) is 24.1 Å². The number of hydrogen-bond acceptors (Lipinski definition) is 3. The van der Waals surface area contributed by atoms with Crippen molar-refractivity contribution in [2.45, 2.75) is 58.0 Å². The Balaban J connectivity index is 1.86. The Morgan fingerprint density at radius 2 is 2.00 bits per heavy atom. The van der Waals surface area contributed by atoms with Crippen LogP contribution in [0.4, 0.5) is 0 Å². The number of rotatable bonds is 5. The Morgan fingerprint density at radius 3 is 2.72 bits per heavy atom. The fourth-order valence-corrected chi connectivity index (χ4v) is 3.53. The van der Waals surface area contributed by atoms with E-state index in [4.69, 9.17) is 4.74 Å². The van der Waals surface area contributed by atoms with Crippen molar-refractivity contribution in [1.82, 2.24) is 10.2 Å². The topological polar surface area (TPSA) is 24.5 Å². The molecule has 0 bridgehead atoms. The molecule has 0 amide bonds. The lowest BCUT2D eigenvalue weighted by molar-refractivity contribution is 0.0333. The van der Waals surface area contributed by atoms with E-state index in [1.165, 1.54) is 45.2 Å². The Kier molecular flexibility index (Phi) is 5.93. The molecule has 3 nitrogen and oxygen atoms in total. The maximum absolute atomic E-state index is 5.47. The van der Waals surface area contributed by atoms with Gasteiger partial charge in [-0.2, -0.15) is 0 Å². The predicted molar refractivity (Wildman–Crippen MR) is 75.9 cm³/mol. The van der Waals surface area contributed by atoms with E-state index in [-0.39, 0.29) is 0 Å². The van der Waals surface area contributed by atoms with Gasteiger partial charge in [0.2, 0.25) is 0 Å². The molecule has 2 unspecified atom stereocenters. The first-order valence-corrected chi connectivity index (χ1v) is 7.86. The first-order valence-electron chi connectivity index (χ1n) is 7.86. The van der Waals surface area contributed by atoms with Crippen LogP contribution in [-0.4, -0.2) is 49.8 Å². The third-order valence-corrected chi connectivity index (χ3v) is 4.60. The largest absolute Gasteiger partial charge is 0.381 e. The van der Waals surface area contributed by atoms with Crippen molar-refractivity contribution in [2.24, 2.45) is 5.92 Å². The minimum Gasteiger partial charge on any atom is -0.381 e. The van der Waals surface area contributed by atoms with Gasteiger partial charge in [0.1, 0.15) is 0 Å². The van der Waals surface area contributed by atoms with Gasteiger partial charge in [0.15, 0.2) is 0 Å². The fourth-order valence-electron chi connectivity index (χ4n) is 3.53. The number of likely N-dealkylation sites (N-methyl/N-ethyl adjacent to an activating group) is 1. The van der Waals surface area contributed by atoms with E-state index < -0.39 is 0 Å². The Labute approximate surface area is 112 Å². The zero-order chi connectivity index (χ0) is 12.8. The van der Waals surface area contributed by atoms with Crippen molar-refractivity contribution in [1.29, 1.82) is 0 Å². The second-order valence-electron chi connectivity index (χ2n) is 5.96. The van der Waals surface area contributed by atoms with Crippen molar-refractivity contribution in [2.75, 3.05) is 32.8 Å². The van der Waals surface area contributed by atoms with Crippen LogP contribution in [0.15, 0.2) is 0 Å². The van der Waals surface area contributed by atoms with Gasteiger partial charge >= 0.3 is 0 Å². The van der Waals surface area contributed by atoms with Crippen molar-refractivity contribution < 1.29 is 4.74 Å². The predicted octanol–water partition coefficient (Wildman–Crippen LogP) is 2.27. The van der Waals surface area contributed by atoms with E-state index >= 15 is 0 Å². The van der Waals surface area contributed by atoms with Crippen molar-refractivity contribution in [3.05, 3.63) is 0 Å². The first kappa shape index (κ1) is 14.3. The fraction of sp³-hybridized carbons (Fsp3) is 1.00. The molecule has 106 valence electrons. The van der Waals surface area contributed by atoms with Crippen LogP contribution < -0.4 is 5.32 Å². The zero-order valence-corrected chi connectivity index (χ0v) is 12.2. The van der Waals surface area contributed by atoms with Crippen LogP contribution in [0, 0.1) is 5.92 Å². The normalized spacial score (nSPS) is 29.3. The molecule has 18 heavy (non-hydrogen) atoms. The highest BCUT2D eigenvalue weighted by Crippen LogP contribution is 2.24. The van der Waals surface area contributed by atoms with Gasteiger partial charge in [-0.25, -0.2) is 0 Å². The molecule has 3 heteroatoms. The summed E-state index contributed by atoms with van der Waals surface area (Å²) >= 11 is 0. The van der Waals surface area contributed by atoms with Crippen molar-refractivity contribution >= 4 is 0 Å². The lowest BCUT2D eigenvalue weighted by atomic mass is 9.92. The van der Waals surface area contributed by atoms with E-state index in [1.54, 1.807) is 0 Å². The van der Waals surface area contributed by atoms with E-state index in [9.17, 15) is 0 Å². The Bertz CT molecular complexity index is 229. The molecule has 1 N–H and O–H groups in total. The number of ether oxygens (including phenoxy) is 1. The summed E-state index contributed by atoms with van der Waals surface area (Å²) in [4.78, 5) is 2.76. The average Bonchev–Trinajstić information content (AvgIpc) is 2.41. The highest BCUT2D eigenvalue weighted by Gasteiger charge is 2.29. The van der Waals surface area contributed by atoms with Crippen molar-refractivity contribution in [3.8, 4) is 0 Å². The van der Waals surface area contributed by atoms with Gasteiger partial charge < -0.3 is 10.1 Å². The summed E-state index contributed by atoms with van der Waals surface area (Å²) in [6.07, 6.45) is 6.69. The second-order valence-corrected chi connectivity index (χ2v) is 5.96. The molecule has 2 atom stereocenters. The zero-order valence-electron chi connectivity index (χ0n) is 12.2. The van der Waals surface area contributed by atoms with Gasteiger partial charge in [-0.05, 0) is 51.6 Å². The van der Waals surface area contributed by atoms with Crippen LogP contribution in [0.25, 0.3) is 0 Å². The minimum atomic E-state index is 0.634. The smallest absolute Gasteiger partial charge is 0.0469 e. The Hall–Kier alpha value is -0.120. The van der Waals surface area contributed by atoms with Gasteiger partial charge in [-0.3, -0.25) is 4.90 Å².